The van der Waals surface area contributed by atoms with E-state index in [0.717, 1.165) is 17.3 Å². The monoisotopic (exact) mass is 271 g/mol. The minimum atomic E-state index is 0.502. The Morgan fingerprint density at radius 2 is 2.06 bits per heavy atom. The number of nitrogens with one attached hydrogen (secondary N) is 1. The topological polar surface area (TPSA) is 29.9 Å². The molecule has 0 aliphatic rings. The fraction of sp³-hybridized carbons (Fsp3) is 0.786. The van der Waals surface area contributed by atoms with E-state index in [2.05, 4.69) is 17.3 Å². The van der Waals surface area contributed by atoms with Gasteiger partial charge in [0.05, 0.1) is 5.69 Å². The van der Waals surface area contributed by atoms with Crippen LogP contribution in [0, 0.1) is 6.92 Å². The van der Waals surface area contributed by atoms with Gasteiger partial charge in [0.2, 0.25) is 0 Å². The average molecular weight is 272 g/mol. The van der Waals surface area contributed by atoms with Crippen LogP contribution in [-0.2, 0) is 13.5 Å². The van der Waals surface area contributed by atoms with Gasteiger partial charge in [0.1, 0.15) is 5.15 Å². The highest BCUT2D eigenvalue weighted by Crippen LogP contribution is 2.21. The fourth-order valence-electron chi connectivity index (χ4n) is 2.32. The largest absolute Gasteiger partial charge is 0.317 e. The van der Waals surface area contributed by atoms with Crippen LogP contribution in [0.4, 0.5) is 0 Å². The SMILES string of the molecule is CCCCCCC(Cc1c(C)nn(C)c1Cl)NC. The molecule has 0 bridgehead atoms. The Morgan fingerprint density at radius 1 is 1.33 bits per heavy atom. The number of halogens is 1. The first-order valence-electron chi connectivity index (χ1n) is 6.95. The molecular formula is C14H26ClN3. The van der Waals surface area contributed by atoms with Gasteiger partial charge in [-0.15, -0.1) is 0 Å². The minimum Gasteiger partial charge on any atom is -0.317 e. The molecule has 1 rings (SSSR count). The molecule has 0 aromatic carbocycles. The van der Waals surface area contributed by atoms with Crippen LogP contribution in [0.2, 0.25) is 5.15 Å². The lowest BCUT2D eigenvalue weighted by Crippen LogP contribution is -2.27. The summed E-state index contributed by atoms with van der Waals surface area (Å²) in [4.78, 5) is 0. The zero-order valence-electron chi connectivity index (χ0n) is 12.1. The van der Waals surface area contributed by atoms with E-state index in [4.69, 9.17) is 11.6 Å². The molecule has 1 atom stereocenters. The second-order valence-corrected chi connectivity index (χ2v) is 5.38. The first-order valence-corrected chi connectivity index (χ1v) is 7.33. The molecule has 0 aliphatic heterocycles. The molecular weight excluding hydrogens is 246 g/mol. The van der Waals surface area contributed by atoms with Crippen molar-refractivity contribution in [3.8, 4) is 0 Å². The van der Waals surface area contributed by atoms with Crippen LogP contribution >= 0.6 is 11.6 Å². The standard InChI is InChI=1S/C14H26ClN3/c1-5-6-7-8-9-12(16-3)10-13-11(2)17-18(4)14(13)15/h12,16H,5-10H2,1-4H3. The van der Waals surface area contributed by atoms with Crippen molar-refractivity contribution in [2.24, 2.45) is 7.05 Å². The quantitative estimate of drug-likeness (QED) is 0.734. The molecule has 1 aromatic heterocycles. The molecule has 0 fully saturated rings. The highest BCUT2D eigenvalue weighted by molar-refractivity contribution is 6.30. The molecule has 4 heteroatoms. The lowest BCUT2D eigenvalue weighted by Gasteiger charge is -2.16. The van der Waals surface area contributed by atoms with E-state index in [1.807, 2.05) is 21.0 Å². The third kappa shape index (κ3) is 4.29. The molecule has 1 heterocycles. The zero-order valence-corrected chi connectivity index (χ0v) is 12.8. The van der Waals surface area contributed by atoms with Gasteiger partial charge in [0, 0.05) is 18.7 Å². The number of aromatic nitrogens is 2. The zero-order chi connectivity index (χ0) is 13.5. The summed E-state index contributed by atoms with van der Waals surface area (Å²) < 4.78 is 1.76. The second-order valence-electron chi connectivity index (χ2n) is 5.02. The van der Waals surface area contributed by atoms with Gasteiger partial charge in [-0.05, 0) is 26.8 Å². The van der Waals surface area contributed by atoms with Gasteiger partial charge in [-0.25, -0.2) is 0 Å². The fourth-order valence-corrected chi connectivity index (χ4v) is 2.57. The summed E-state index contributed by atoms with van der Waals surface area (Å²) in [5.41, 5.74) is 2.24. The third-order valence-electron chi connectivity index (χ3n) is 3.53. The normalized spacial score (nSPS) is 12.9. The Morgan fingerprint density at radius 3 is 2.56 bits per heavy atom. The minimum absolute atomic E-state index is 0.502. The van der Waals surface area contributed by atoms with Crippen LogP contribution < -0.4 is 5.32 Å². The van der Waals surface area contributed by atoms with Gasteiger partial charge in [-0.3, -0.25) is 4.68 Å². The van der Waals surface area contributed by atoms with Gasteiger partial charge in [-0.2, -0.15) is 5.10 Å². The third-order valence-corrected chi connectivity index (χ3v) is 4.01. The Kier molecular flexibility index (Phi) is 6.72. The number of hydrogen-bond donors (Lipinski definition) is 1. The van der Waals surface area contributed by atoms with Gasteiger partial charge in [0.15, 0.2) is 0 Å². The summed E-state index contributed by atoms with van der Waals surface area (Å²) in [6, 6.07) is 0.502. The number of rotatable bonds is 8. The van der Waals surface area contributed by atoms with Crippen molar-refractivity contribution in [1.82, 2.24) is 15.1 Å². The molecule has 104 valence electrons. The lowest BCUT2D eigenvalue weighted by molar-refractivity contribution is 0.484. The Bertz CT molecular complexity index is 360. The van der Waals surface area contributed by atoms with Crippen molar-refractivity contribution in [2.45, 2.75) is 58.4 Å². The maximum atomic E-state index is 6.27. The first kappa shape index (κ1) is 15.5. The van der Waals surface area contributed by atoms with E-state index in [0.29, 0.717) is 6.04 Å². The molecule has 0 spiro atoms. The van der Waals surface area contributed by atoms with E-state index in [-0.39, 0.29) is 0 Å². The van der Waals surface area contributed by atoms with Crippen molar-refractivity contribution in [1.29, 1.82) is 0 Å². The summed E-state index contributed by atoms with van der Waals surface area (Å²) in [7, 11) is 3.93. The van der Waals surface area contributed by atoms with E-state index in [1.54, 1.807) is 4.68 Å². The summed E-state index contributed by atoms with van der Waals surface area (Å²) in [5.74, 6) is 0. The van der Waals surface area contributed by atoms with Gasteiger partial charge in [-0.1, -0.05) is 44.2 Å². The van der Waals surface area contributed by atoms with Crippen molar-refractivity contribution < 1.29 is 0 Å². The molecule has 0 radical (unpaired) electrons. The lowest BCUT2D eigenvalue weighted by atomic mass is 10.0. The van der Waals surface area contributed by atoms with Crippen LogP contribution in [0.1, 0.15) is 50.3 Å². The number of likely N-dealkylation sites (N-methyl/N-ethyl adjacent to an activating group) is 1. The van der Waals surface area contributed by atoms with Crippen molar-refractivity contribution in [2.75, 3.05) is 7.05 Å². The van der Waals surface area contributed by atoms with E-state index >= 15 is 0 Å². The maximum Gasteiger partial charge on any atom is 0.130 e. The molecule has 0 aliphatic carbocycles. The van der Waals surface area contributed by atoms with Gasteiger partial charge in [0.25, 0.3) is 0 Å². The molecule has 3 nitrogen and oxygen atoms in total. The van der Waals surface area contributed by atoms with E-state index in [1.165, 1.54) is 37.7 Å². The summed E-state index contributed by atoms with van der Waals surface area (Å²) in [6.45, 7) is 4.28. The summed E-state index contributed by atoms with van der Waals surface area (Å²) >= 11 is 6.27. The predicted octanol–water partition coefficient (Wildman–Crippen LogP) is 3.48. The average Bonchev–Trinajstić information content (AvgIpc) is 2.59. The second kappa shape index (κ2) is 7.80. The highest BCUT2D eigenvalue weighted by Gasteiger charge is 2.15. The van der Waals surface area contributed by atoms with E-state index in [9.17, 15) is 0 Å². The molecule has 1 unspecified atom stereocenters. The van der Waals surface area contributed by atoms with Crippen molar-refractivity contribution >= 4 is 11.6 Å². The summed E-state index contributed by atoms with van der Waals surface area (Å²) in [5, 5.41) is 8.54. The molecule has 1 aromatic rings. The van der Waals surface area contributed by atoms with Crippen LogP contribution in [0.3, 0.4) is 0 Å². The first-order chi connectivity index (χ1) is 8.60. The van der Waals surface area contributed by atoms with E-state index < -0.39 is 0 Å². The van der Waals surface area contributed by atoms with Gasteiger partial charge >= 0.3 is 0 Å². The molecule has 0 amide bonds. The number of aryl methyl sites for hydroxylation is 2. The Hall–Kier alpha value is -0.540. The Balaban J connectivity index is 2.51. The number of hydrogen-bond acceptors (Lipinski definition) is 2. The summed E-state index contributed by atoms with van der Waals surface area (Å²) in [6.07, 6.45) is 7.42. The number of nitrogens with zero attached hydrogens (tertiary/aromatic N) is 2. The highest BCUT2D eigenvalue weighted by atomic mass is 35.5. The maximum absolute atomic E-state index is 6.27. The van der Waals surface area contributed by atoms with Crippen molar-refractivity contribution in [3.05, 3.63) is 16.4 Å². The van der Waals surface area contributed by atoms with Crippen LogP contribution in [0.5, 0.6) is 0 Å². The van der Waals surface area contributed by atoms with Crippen molar-refractivity contribution in [3.63, 3.8) is 0 Å². The number of unbranched alkanes of at least 4 members (excludes halogenated alkanes) is 3. The Labute approximate surface area is 116 Å². The molecule has 1 N–H and O–H groups in total. The van der Waals surface area contributed by atoms with Gasteiger partial charge < -0.3 is 5.32 Å². The molecule has 18 heavy (non-hydrogen) atoms. The smallest absolute Gasteiger partial charge is 0.130 e. The molecule has 0 saturated carbocycles. The molecule has 0 saturated heterocycles. The van der Waals surface area contributed by atoms with Crippen LogP contribution in [-0.4, -0.2) is 22.9 Å². The van der Waals surface area contributed by atoms with Crippen LogP contribution in [0.25, 0.3) is 0 Å². The predicted molar refractivity (Wildman–Crippen MR) is 78.3 cm³/mol. The van der Waals surface area contributed by atoms with Crippen LogP contribution in [0.15, 0.2) is 0 Å².